The molecule has 29 heavy (non-hydrogen) atoms. The number of aliphatic hydroxyl groups excluding tert-OH is 1. The first-order valence-corrected chi connectivity index (χ1v) is 10.0. The molecule has 1 aromatic rings. The van der Waals surface area contributed by atoms with Gasteiger partial charge in [-0.2, -0.15) is 0 Å². The van der Waals surface area contributed by atoms with Gasteiger partial charge in [0, 0.05) is 18.1 Å². The summed E-state index contributed by atoms with van der Waals surface area (Å²) in [5.74, 6) is -5.35. The third kappa shape index (κ3) is 4.53. The molecule has 5 nitrogen and oxygen atoms in total. The van der Waals surface area contributed by atoms with Crippen LogP contribution in [0.5, 0.6) is 0 Å². The van der Waals surface area contributed by atoms with Crippen molar-refractivity contribution in [1.82, 2.24) is 10.2 Å². The van der Waals surface area contributed by atoms with E-state index in [-0.39, 0.29) is 18.0 Å². The number of ether oxygens (including phenoxy) is 1. The SMILES string of the molecule is CC(C)(C)N(C(=O)OC1C(O)CC(c2ccc(F)cc2)C1(F)F)C1CCCNC1. The Morgan fingerprint density at radius 2 is 1.93 bits per heavy atom. The predicted octanol–water partition coefficient (Wildman–Crippen LogP) is 3.67. The minimum atomic E-state index is -3.47. The number of nitrogens with zero attached hydrogens (tertiary/aromatic N) is 1. The molecule has 0 aromatic heterocycles. The van der Waals surface area contributed by atoms with Crippen molar-refractivity contribution in [3.05, 3.63) is 35.6 Å². The van der Waals surface area contributed by atoms with Gasteiger partial charge in [-0.1, -0.05) is 12.1 Å². The molecule has 2 aliphatic rings. The lowest BCUT2D eigenvalue weighted by Gasteiger charge is -2.43. The maximum absolute atomic E-state index is 15.1. The van der Waals surface area contributed by atoms with E-state index in [1.54, 1.807) is 0 Å². The van der Waals surface area contributed by atoms with Crippen LogP contribution in [-0.2, 0) is 4.74 Å². The molecule has 4 atom stereocenters. The van der Waals surface area contributed by atoms with Crippen LogP contribution in [0.1, 0.15) is 51.5 Å². The van der Waals surface area contributed by atoms with Gasteiger partial charge in [-0.25, -0.2) is 18.0 Å². The largest absolute Gasteiger partial charge is 0.437 e. The number of carbonyl (C=O) groups is 1. The van der Waals surface area contributed by atoms with Crippen LogP contribution in [0, 0.1) is 5.82 Å². The number of piperidine rings is 1. The Hall–Kier alpha value is -1.80. The molecule has 0 bridgehead atoms. The first-order valence-electron chi connectivity index (χ1n) is 10.0. The van der Waals surface area contributed by atoms with Gasteiger partial charge in [0.2, 0.25) is 0 Å². The second-order valence-corrected chi connectivity index (χ2v) is 8.93. The topological polar surface area (TPSA) is 61.8 Å². The standard InChI is InChI=1S/C21H29F3N2O3/c1-20(2,3)26(15-5-4-10-25-12-15)19(28)29-18-17(27)11-16(21(18,23)24)13-6-8-14(22)9-7-13/h6-9,15-18,25,27H,4-5,10-12H2,1-3H3. The van der Waals surface area contributed by atoms with Gasteiger partial charge in [-0.05, 0) is 64.3 Å². The van der Waals surface area contributed by atoms with E-state index in [0.717, 1.165) is 31.5 Å². The molecule has 0 spiro atoms. The zero-order valence-corrected chi connectivity index (χ0v) is 17.0. The average molecular weight is 414 g/mol. The minimum Gasteiger partial charge on any atom is -0.437 e. The third-order valence-corrected chi connectivity index (χ3v) is 5.73. The number of hydrogen-bond acceptors (Lipinski definition) is 4. The number of amides is 1. The number of aliphatic hydroxyl groups is 1. The van der Waals surface area contributed by atoms with Crippen LogP contribution in [0.2, 0.25) is 0 Å². The van der Waals surface area contributed by atoms with E-state index in [1.807, 2.05) is 20.8 Å². The highest BCUT2D eigenvalue weighted by Crippen LogP contribution is 2.48. The lowest BCUT2D eigenvalue weighted by molar-refractivity contribution is -0.133. The molecule has 1 saturated carbocycles. The highest BCUT2D eigenvalue weighted by atomic mass is 19.3. The average Bonchev–Trinajstić information content (AvgIpc) is 2.85. The highest BCUT2D eigenvalue weighted by molar-refractivity contribution is 5.69. The predicted molar refractivity (Wildman–Crippen MR) is 102 cm³/mol. The zero-order chi connectivity index (χ0) is 21.4. The van der Waals surface area contributed by atoms with Gasteiger partial charge in [0.25, 0.3) is 5.92 Å². The van der Waals surface area contributed by atoms with E-state index >= 15 is 8.78 Å². The van der Waals surface area contributed by atoms with E-state index in [1.165, 1.54) is 17.0 Å². The summed E-state index contributed by atoms with van der Waals surface area (Å²) in [5, 5.41) is 13.5. The van der Waals surface area contributed by atoms with Crippen LogP contribution >= 0.6 is 0 Å². The number of nitrogens with one attached hydrogen (secondary N) is 1. The second kappa shape index (κ2) is 8.14. The molecule has 1 aliphatic carbocycles. The van der Waals surface area contributed by atoms with Crippen LogP contribution in [0.4, 0.5) is 18.0 Å². The summed E-state index contributed by atoms with van der Waals surface area (Å²) >= 11 is 0. The number of carbonyl (C=O) groups excluding carboxylic acids is 1. The molecule has 2 N–H and O–H groups in total. The molecule has 1 saturated heterocycles. The van der Waals surface area contributed by atoms with Crippen LogP contribution < -0.4 is 5.32 Å². The maximum Gasteiger partial charge on any atom is 0.411 e. The van der Waals surface area contributed by atoms with Gasteiger partial charge < -0.3 is 15.2 Å². The van der Waals surface area contributed by atoms with E-state index in [4.69, 9.17) is 4.74 Å². The number of halogens is 3. The summed E-state index contributed by atoms with van der Waals surface area (Å²) in [6.07, 6.45) is -2.95. The Labute approximate surface area is 169 Å². The molecule has 3 rings (SSSR count). The van der Waals surface area contributed by atoms with Crippen molar-refractivity contribution in [2.45, 2.75) is 75.7 Å². The molecule has 2 fully saturated rings. The fraction of sp³-hybridized carbons (Fsp3) is 0.667. The van der Waals surface area contributed by atoms with E-state index in [0.29, 0.717) is 6.54 Å². The Bertz CT molecular complexity index is 715. The first kappa shape index (κ1) is 21.9. The molecule has 162 valence electrons. The van der Waals surface area contributed by atoms with Gasteiger partial charge in [0.15, 0.2) is 6.10 Å². The monoisotopic (exact) mass is 414 g/mol. The molecule has 1 amide bonds. The van der Waals surface area contributed by atoms with Crippen molar-refractivity contribution in [3.63, 3.8) is 0 Å². The van der Waals surface area contributed by atoms with Crippen molar-refractivity contribution >= 4 is 6.09 Å². The summed E-state index contributed by atoms with van der Waals surface area (Å²) in [4.78, 5) is 14.4. The van der Waals surface area contributed by atoms with E-state index in [2.05, 4.69) is 5.32 Å². The normalized spacial score (nSPS) is 29.5. The third-order valence-electron chi connectivity index (χ3n) is 5.73. The Kier molecular flexibility index (Phi) is 6.15. The Balaban J connectivity index is 1.79. The summed E-state index contributed by atoms with van der Waals surface area (Å²) in [5.41, 5.74) is -0.422. The van der Waals surface area contributed by atoms with Gasteiger partial charge in [0.1, 0.15) is 5.82 Å². The first-order chi connectivity index (χ1) is 13.5. The van der Waals surface area contributed by atoms with E-state index < -0.39 is 41.5 Å². The molecule has 1 heterocycles. The molecular formula is C21H29F3N2O3. The van der Waals surface area contributed by atoms with Crippen molar-refractivity contribution in [1.29, 1.82) is 0 Å². The number of hydrogen-bond donors (Lipinski definition) is 2. The fourth-order valence-electron chi connectivity index (χ4n) is 4.38. The number of benzene rings is 1. The highest BCUT2D eigenvalue weighted by Gasteiger charge is 2.60. The summed E-state index contributed by atoms with van der Waals surface area (Å²) in [7, 11) is 0. The Morgan fingerprint density at radius 3 is 2.48 bits per heavy atom. The lowest BCUT2D eigenvalue weighted by Crippen LogP contribution is -2.58. The van der Waals surface area contributed by atoms with Gasteiger partial charge in [-0.3, -0.25) is 4.90 Å². The molecule has 1 aliphatic heterocycles. The maximum atomic E-state index is 15.1. The molecule has 4 unspecified atom stereocenters. The van der Waals surface area contributed by atoms with Crippen molar-refractivity contribution in [3.8, 4) is 0 Å². The second-order valence-electron chi connectivity index (χ2n) is 8.93. The zero-order valence-electron chi connectivity index (χ0n) is 17.0. The quantitative estimate of drug-likeness (QED) is 0.792. The minimum absolute atomic E-state index is 0.170. The summed E-state index contributed by atoms with van der Waals surface area (Å²) < 4.78 is 48.6. The summed E-state index contributed by atoms with van der Waals surface area (Å²) in [6, 6.07) is 4.60. The van der Waals surface area contributed by atoms with Gasteiger partial charge >= 0.3 is 6.09 Å². The van der Waals surface area contributed by atoms with Crippen LogP contribution in [-0.4, -0.2) is 58.9 Å². The van der Waals surface area contributed by atoms with Crippen molar-refractivity contribution in [2.75, 3.05) is 13.1 Å². The van der Waals surface area contributed by atoms with Crippen LogP contribution in [0.25, 0.3) is 0 Å². The fourth-order valence-corrected chi connectivity index (χ4v) is 4.38. The van der Waals surface area contributed by atoms with Crippen molar-refractivity contribution < 1.29 is 27.8 Å². The van der Waals surface area contributed by atoms with Crippen LogP contribution in [0.3, 0.4) is 0 Å². The Morgan fingerprint density at radius 1 is 1.28 bits per heavy atom. The molecule has 1 aromatic carbocycles. The molecule has 8 heteroatoms. The number of alkyl halides is 2. The smallest absolute Gasteiger partial charge is 0.411 e. The van der Waals surface area contributed by atoms with Gasteiger partial charge in [0.05, 0.1) is 12.0 Å². The molecule has 0 radical (unpaired) electrons. The lowest BCUT2D eigenvalue weighted by atomic mass is 9.94. The number of rotatable bonds is 3. The van der Waals surface area contributed by atoms with Crippen molar-refractivity contribution in [2.24, 2.45) is 0 Å². The van der Waals surface area contributed by atoms with E-state index in [9.17, 15) is 14.3 Å². The van der Waals surface area contributed by atoms with Gasteiger partial charge in [-0.15, -0.1) is 0 Å². The van der Waals surface area contributed by atoms with Crippen LogP contribution in [0.15, 0.2) is 24.3 Å². The molecular weight excluding hydrogens is 385 g/mol. The summed E-state index contributed by atoms with van der Waals surface area (Å²) in [6.45, 7) is 6.89.